The van der Waals surface area contributed by atoms with Gasteiger partial charge in [-0.25, -0.2) is 0 Å². The Hall–Kier alpha value is -5.61. The zero-order valence-electron chi connectivity index (χ0n) is 29.1. The first-order valence-electron chi connectivity index (χ1n) is 16.0. The molecule has 0 atom stereocenters. The topological polar surface area (TPSA) is 186 Å². The third kappa shape index (κ3) is 10.0. The van der Waals surface area contributed by atoms with Gasteiger partial charge < -0.3 is 25.2 Å². The third-order valence-electron chi connectivity index (χ3n) is 7.48. The SMILES string of the molecule is CC(C)n1nccc1-c1ncccc1CO.CC(C)n1nccc1-c1ncccc1COc1cccc(O)c1C=O.I.O=Cc1c(O)cccc1O. The maximum atomic E-state index is 11.2. The number of hydrogen-bond acceptors (Lipinski definition) is 11. The van der Waals surface area contributed by atoms with Gasteiger partial charge >= 0.3 is 0 Å². The van der Waals surface area contributed by atoms with Crippen LogP contribution < -0.4 is 4.74 Å². The van der Waals surface area contributed by atoms with Crippen LogP contribution in [0.25, 0.3) is 22.8 Å². The molecule has 14 heteroatoms. The molecule has 0 bridgehead atoms. The molecule has 4 N–H and O–H groups in total. The van der Waals surface area contributed by atoms with E-state index in [0.29, 0.717) is 18.3 Å². The zero-order chi connectivity index (χ0) is 36.9. The largest absolute Gasteiger partial charge is 0.507 e. The highest BCUT2D eigenvalue weighted by Gasteiger charge is 2.16. The molecule has 0 radical (unpaired) electrons. The van der Waals surface area contributed by atoms with E-state index >= 15 is 0 Å². The number of phenols is 3. The van der Waals surface area contributed by atoms with Crippen molar-refractivity contribution in [3.63, 3.8) is 0 Å². The predicted molar refractivity (Wildman–Crippen MR) is 206 cm³/mol. The van der Waals surface area contributed by atoms with E-state index in [9.17, 15) is 19.8 Å². The van der Waals surface area contributed by atoms with Gasteiger partial charge in [-0.1, -0.05) is 24.3 Å². The van der Waals surface area contributed by atoms with Gasteiger partial charge in [-0.3, -0.25) is 28.9 Å². The van der Waals surface area contributed by atoms with Gasteiger partial charge in [-0.2, -0.15) is 10.2 Å². The van der Waals surface area contributed by atoms with Crippen LogP contribution in [0.4, 0.5) is 0 Å². The molecule has 0 amide bonds. The van der Waals surface area contributed by atoms with Crippen LogP contribution in [0.1, 0.15) is 71.6 Å². The number of ether oxygens (including phenoxy) is 1. The van der Waals surface area contributed by atoms with Crippen molar-refractivity contribution in [3.05, 3.63) is 120 Å². The van der Waals surface area contributed by atoms with Crippen LogP contribution in [-0.4, -0.2) is 62.5 Å². The van der Waals surface area contributed by atoms with Crippen molar-refractivity contribution in [1.29, 1.82) is 0 Å². The van der Waals surface area contributed by atoms with Crippen LogP contribution in [0, 0.1) is 0 Å². The first kappa shape index (κ1) is 40.8. The van der Waals surface area contributed by atoms with E-state index in [1.54, 1.807) is 36.9 Å². The number of pyridine rings is 2. The van der Waals surface area contributed by atoms with Gasteiger partial charge in [-0.05, 0) is 76.2 Å². The molecule has 52 heavy (non-hydrogen) atoms. The Bertz CT molecular complexity index is 2040. The monoisotopic (exact) mass is 820 g/mol. The maximum absolute atomic E-state index is 11.2. The highest BCUT2D eigenvalue weighted by molar-refractivity contribution is 14.0. The van der Waals surface area contributed by atoms with E-state index in [1.165, 1.54) is 24.3 Å². The minimum absolute atomic E-state index is 0. The Morgan fingerprint density at radius 3 is 1.56 bits per heavy atom. The van der Waals surface area contributed by atoms with Gasteiger partial charge in [0.15, 0.2) is 12.6 Å². The summed E-state index contributed by atoms with van der Waals surface area (Å²) in [5, 5.41) is 45.4. The average Bonchev–Trinajstić information content (AvgIpc) is 3.83. The van der Waals surface area contributed by atoms with E-state index in [-0.39, 0.29) is 77.6 Å². The summed E-state index contributed by atoms with van der Waals surface area (Å²) in [5.41, 5.74) is 5.19. The van der Waals surface area contributed by atoms with Gasteiger partial charge in [0.25, 0.3) is 0 Å². The molecule has 4 aromatic heterocycles. The van der Waals surface area contributed by atoms with E-state index in [4.69, 9.17) is 14.9 Å². The van der Waals surface area contributed by atoms with E-state index in [1.807, 2.05) is 45.8 Å². The lowest BCUT2D eigenvalue weighted by atomic mass is 10.1. The smallest absolute Gasteiger partial charge is 0.157 e. The molecular weight excluding hydrogens is 779 g/mol. The van der Waals surface area contributed by atoms with E-state index in [2.05, 4.69) is 47.9 Å². The summed E-state index contributed by atoms with van der Waals surface area (Å²) in [5.74, 6) is -0.163. The number of rotatable bonds is 10. The molecule has 4 heterocycles. The number of aldehydes is 2. The number of carbonyl (C=O) groups excluding carboxylic acids is 2. The number of aromatic nitrogens is 6. The minimum Gasteiger partial charge on any atom is -0.507 e. The summed E-state index contributed by atoms with van der Waals surface area (Å²) in [6.45, 7) is 8.46. The highest BCUT2D eigenvalue weighted by atomic mass is 127. The van der Waals surface area contributed by atoms with Crippen LogP contribution in [0.15, 0.2) is 97.6 Å². The minimum atomic E-state index is -0.199. The van der Waals surface area contributed by atoms with Crippen molar-refractivity contribution >= 4 is 36.5 Å². The highest BCUT2D eigenvalue weighted by Crippen LogP contribution is 2.29. The Labute approximate surface area is 318 Å². The van der Waals surface area contributed by atoms with Crippen LogP contribution in [0.3, 0.4) is 0 Å². The van der Waals surface area contributed by atoms with E-state index in [0.717, 1.165) is 33.9 Å². The summed E-state index contributed by atoms with van der Waals surface area (Å²) in [6.07, 6.45) is 7.95. The van der Waals surface area contributed by atoms with Gasteiger partial charge in [-0.15, -0.1) is 24.0 Å². The number of hydrogen-bond donors (Lipinski definition) is 4. The second kappa shape index (κ2) is 19.7. The molecule has 0 aliphatic carbocycles. The second-order valence-corrected chi connectivity index (χ2v) is 11.6. The molecule has 13 nitrogen and oxygen atoms in total. The van der Waals surface area contributed by atoms with E-state index < -0.39 is 0 Å². The summed E-state index contributed by atoms with van der Waals surface area (Å²) in [4.78, 5) is 30.1. The van der Waals surface area contributed by atoms with Crippen molar-refractivity contribution < 1.29 is 34.8 Å². The average molecular weight is 821 g/mol. The fourth-order valence-electron chi connectivity index (χ4n) is 5.00. The number of phenolic OH excluding ortho intramolecular Hbond substituents is 3. The number of benzene rings is 2. The van der Waals surface area contributed by atoms with Crippen molar-refractivity contribution in [2.45, 2.75) is 53.0 Å². The second-order valence-electron chi connectivity index (χ2n) is 11.6. The van der Waals surface area contributed by atoms with Crippen molar-refractivity contribution in [1.82, 2.24) is 29.5 Å². The molecule has 0 spiro atoms. The van der Waals surface area contributed by atoms with Gasteiger partial charge in [0.1, 0.15) is 29.6 Å². The molecule has 0 saturated carbocycles. The first-order chi connectivity index (χ1) is 24.6. The summed E-state index contributed by atoms with van der Waals surface area (Å²) < 4.78 is 9.58. The van der Waals surface area contributed by atoms with Gasteiger partial charge in [0.2, 0.25) is 0 Å². The number of carbonyl (C=O) groups is 2. The van der Waals surface area contributed by atoms with Crippen LogP contribution >= 0.6 is 24.0 Å². The maximum Gasteiger partial charge on any atom is 0.157 e. The Balaban J connectivity index is 0.000000231. The molecular formula is C38H41IN6O7. The number of nitrogens with zero attached hydrogens (tertiary/aromatic N) is 6. The third-order valence-corrected chi connectivity index (χ3v) is 7.48. The lowest BCUT2D eigenvalue weighted by molar-refractivity contribution is 0.110. The number of aromatic hydroxyl groups is 3. The zero-order valence-corrected chi connectivity index (χ0v) is 31.4. The fraction of sp³-hybridized carbons (Fsp3) is 0.211. The Morgan fingerprint density at radius 1 is 0.635 bits per heavy atom. The molecule has 6 rings (SSSR count). The summed E-state index contributed by atoms with van der Waals surface area (Å²) >= 11 is 0. The van der Waals surface area contributed by atoms with Gasteiger partial charge in [0.05, 0.1) is 40.5 Å². The molecule has 2 aromatic carbocycles. The number of halogens is 1. The molecule has 6 aromatic rings. The Kier molecular flexibility index (Phi) is 15.5. The summed E-state index contributed by atoms with van der Waals surface area (Å²) in [7, 11) is 0. The number of aliphatic hydroxyl groups is 1. The lowest BCUT2D eigenvalue weighted by Gasteiger charge is -2.14. The molecule has 0 fully saturated rings. The van der Waals surface area contributed by atoms with Crippen molar-refractivity contribution in [2.75, 3.05) is 0 Å². The van der Waals surface area contributed by atoms with Crippen molar-refractivity contribution in [2.24, 2.45) is 0 Å². The summed E-state index contributed by atoms with van der Waals surface area (Å²) in [6, 6.07) is 20.6. The first-order valence-corrected chi connectivity index (χ1v) is 16.0. The van der Waals surface area contributed by atoms with Crippen LogP contribution in [0.2, 0.25) is 0 Å². The van der Waals surface area contributed by atoms with Crippen LogP contribution in [-0.2, 0) is 13.2 Å². The number of aliphatic hydroxyl groups excluding tert-OH is 1. The fourth-order valence-corrected chi connectivity index (χ4v) is 5.00. The predicted octanol–water partition coefficient (Wildman–Crippen LogP) is 7.17. The normalized spacial score (nSPS) is 10.4. The molecule has 0 saturated heterocycles. The molecule has 0 aliphatic rings. The lowest BCUT2D eigenvalue weighted by Crippen LogP contribution is -2.08. The van der Waals surface area contributed by atoms with Crippen LogP contribution in [0.5, 0.6) is 23.0 Å². The standard InChI is InChI=1S/C19H19N3O3.C12H15N3O.C7H6O3.HI/c1-13(2)22-16(8-10-21-22)19-14(5-4-9-20-19)12-25-18-7-3-6-17(24)15(18)11-23;1-9(2)15-11(5-7-14-15)12-10(8-16)4-3-6-13-12;8-4-5-6(9)2-1-3-7(5)10;/h3-11,13,24H,12H2,1-2H3;3-7,9,16H,8H2,1-2H3;1-4,9-10H;1H. The Morgan fingerprint density at radius 2 is 1.10 bits per heavy atom. The molecule has 0 unspecified atom stereocenters. The molecule has 0 aliphatic heterocycles. The molecule has 272 valence electrons. The van der Waals surface area contributed by atoms with Gasteiger partial charge in [0, 0.05) is 48.0 Å². The quantitative estimate of drug-likeness (QED) is 0.0811. The van der Waals surface area contributed by atoms with Crippen molar-refractivity contribution in [3.8, 4) is 45.8 Å².